The summed E-state index contributed by atoms with van der Waals surface area (Å²) in [5, 5.41) is 2.68. The average Bonchev–Trinajstić information content (AvgIpc) is 2.56. The van der Waals surface area contributed by atoms with Crippen LogP contribution in [-0.4, -0.2) is 61.4 Å². The summed E-state index contributed by atoms with van der Waals surface area (Å²) in [6.45, 7) is -0.341. The van der Waals surface area contributed by atoms with Crippen molar-refractivity contribution in [3.05, 3.63) is 34.3 Å². The van der Waals surface area contributed by atoms with Crippen molar-refractivity contribution in [2.75, 3.05) is 32.7 Å². The standard InChI is InChI=1S/C16H21BrN2O4S/c1-19(2)14(20)10-23-16(22)13(8-9-24-3)18-15(21)11-6-4-5-7-12(11)17/h4-7,13H,8-10H2,1-3H3,(H,18,21)/t13-/m1/s1. The van der Waals surface area contributed by atoms with Gasteiger partial charge in [0.05, 0.1) is 5.56 Å². The monoisotopic (exact) mass is 416 g/mol. The van der Waals surface area contributed by atoms with Crippen LogP contribution in [0.3, 0.4) is 0 Å². The van der Waals surface area contributed by atoms with E-state index >= 15 is 0 Å². The van der Waals surface area contributed by atoms with Crippen molar-refractivity contribution >= 4 is 45.5 Å². The molecule has 0 heterocycles. The molecule has 1 N–H and O–H groups in total. The third-order valence-electron chi connectivity index (χ3n) is 3.16. The number of amides is 2. The number of rotatable bonds is 8. The first-order valence-corrected chi connectivity index (χ1v) is 9.46. The number of nitrogens with one attached hydrogen (secondary N) is 1. The molecule has 6 nitrogen and oxygen atoms in total. The Morgan fingerprint density at radius 1 is 1.29 bits per heavy atom. The summed E-state index contributed by atoms with van der Waals surface area (Å²) in [5.41, 5.74) is 0.434. The van der Waals surface area contributed by atoms with Crippen molar-refractivity contribution in [3.63, 3.8) is 0 Å². The number of carbonyl (C=O) groups excluding carboxylic acids is 3. The number of likely N-dealkylation sites (N-methyl/N-ethyl adjacent to an activating group) is 1. The lowest BCUT2D eigenvalue weighted by atomic mass is 10.1. The number of hydrogen-bond acceptors (Lipinski definition) is 5. The van der Waals surface area contributed by atoms with E-state index in [0.29, 0.717) is 22.2 Å². The summed E-state index contributed by atoms with van der Waals surface area (Å²) in [7, 11) is 3.16. The molecule has 0 spiro atoms. The molecule has 0 aliphatic rings. The van der Waals surface area contributed by atoms with Gasteiger partial charge >= 0.3 is 5.97 Å². The van der Waals surface area contributed by atoms with E-state index in [0.717, 1.165) is 0 Å². The van der Waals surface area contributed by atoms with Crippen LogP contribution in [0.4, 0.5) is 0 Å². The molecular weight excluding hydrogens is 396 g/mol. The Morgan fingerprint density at radius 3 is 2.54 bits per heavy atom. The molecule has 0 fully saturated rings. The van der Waals surface area contributed by atoms with Crippen LogP contribution >= 0.6 is 27.7 Å². The quantitative estimate of drug-likeness (QED) is 0.655. The van der Waals surface area contributed by atoms with Crippen molar-refractivity contribution in [3.8, 4) is 0 Å². The molecule has 2 amide bonds. The van der Waals surface area contributed by atoms with Gasteiger partial charge in [-0.1, -0.05) is 12.1 Å². The molecule has 8 heteroatoms. The second-order valence-corrected chi connectivity index (χ2v) is 7.02. The van der Waals surface area contributed by atoms with Crippen LogP contribution in [0.2, 0.25) is 0 Å². The Morgan fingerprint density at radius 2 is 1.96 bits per heavy atom. The lowest BCUT2D eigenvalue weighted by Crippen LogP contribution is -2.43. The van der Waals surface area contributed by atoms with E-state index in [1.54, 1.807) is 50.1 Å². The topological polar surface area (TPSA) is 75.7 Å². The first-order chi connectivity index (χ1) is 11.4. The zero-order valence-corrected chi connectivity index (χ0v) is 16.3. The van der Waals surface area contributed by atoms with Gasteiger partial charge in [0.15, 0.2) is 6.61 Å². The van der Waals surface area contributed by atoms with E-state index < -0.39 is 12.0 Å². The van der Waals surface area contributed by atoms with Gasteiger partial charge in [0, 0.05) is 18.6 Å². The second kappa shape index (κ2) is 10.4. The molecule has 0 aromatic heterocycles. The lowest BCUT2D eigenvalue weighted by molar-refractivity contribution is -0.152. The Balaban J connectivity index is 2.74. The van der Waals surface area contributed by atoms with Crippen molar-refractivity contribution < 1.29 is 19.1 Å². The van der Waals surface area contributed by atoms with Crippen molar-refractivity contribution in [2.45, 2.75) is 12.5 Å². The molecular formula is C16H21BrN2O4S. The zero-order chi connectivity index (χ0) is 18.1. The molecule has 24 heavy (non-hydrogen) atoms. The Bertz CT molecular complexity index is 595. The molecule has 1 aromatic rings. The summed E-state index contributed by atoms with van der Waals surface area (Å²) >= 11 is 4.87. The maximum absolute atomic E-state index is 12.4. The van der Waals surface area contributed by atoms with Crippen LogP contribution in [0.25, 0.3) is 0 Å². The number of carbonyl (C=O) groups is 3. The number of hydrogen-bond donors (Lipinski definition) is 1. The minimum atomic E-state index is -0.799. The van der Waals surface area contributed by atoms with Gasteiger partial charge in [-0.05, 0) is 46.5 Å². The minimum absolute atomic E-state index is 0.316. The van der Waals surface area contributed by atoms with E-state index in [1.165, 1.54) is 4.90 Å². The van der Waals surface area contributed by atoms with E-state index in [9.17, 15) is 14.4 Å². The van der Waals surface area contributed by atoms with E-state index in [4.69, 9.17) is 4.74 Å². The predicted octanol–water partition coefficient (Wildman–Crippen LogP) is 1.93. The van der Waals surface area contributed by atoms with Gasteiger partial charge in [-0.15, -0.1) is 0 Å². The van der Waals surface area contributed by atoms with Crippen LogP contribution < -0.4 is 5.32 Å². The fourth-order valence-corrected chi connectivity index (χ4v) is 2.66. The third-order valence-corrected chi connectivity index (χ3v) is 4.49. The number of nitrogens with zero attached hydrogens (tertiary/aromatic N) is 1. The third kappa shape index (κ3) is 6.52. The van der Waals surface area contributed by atoms with E-state index in [-0.39, 0.29) is 18.4 Å². The molecule has 0 radical (unpaired) electrons. The maximum atomic E-state index is 12.4. The highest BCUT2D eigenvalue weighted by molar-refractivity contribution is 9.10. The number of halogens is 1. The highest BCUT2D eigenvalue weighted by Gasteiger charge is 2.24. The van der Waals surface area contributed by atoms with Crippen LogP contribution in [0.5, 0.6) is 0 Å². The first kappa shape index (κ1) is 20.5. The van der Waals surface area contributed by atoms with Crippen molar-refractivity contribution in [1.82, 2.24) is 10.2 Å². The fourth-order valence-electron chi connectivity index (χ4n) is 1.73. The van der Waals surface area contributed by atoms with Crippen LogP contribution in [0.15, 0.2) is 28.7 Å². The highest BCUT2D eigenvalue weighted by atomic mass is 79.9. The first-order valence-electron chi connectivity index (χ1n) is 7.28. The summed E-state index contributed by atoms with van der Waals surface area (Å²) in [5.74, 6) is -0.620. The van der Waals surface area contributed by atoms with Crippen molar-refractivity contribution in [1.29, 1.82) is 0 Å². The van der Waals surface area contributed by atoms with Gasteiger partial charge in [0.2, 0.25) is 0 Å². The number of esters is 1. The van der Waals surface area contributed by atoms with Gasteiger partial charge in [-0.25, -0.2) is 4.79 Å². The summed E-state index contributed by atoms with van der Waals surface area (Å²) in [6.07, 6.45) is 2.33. The van der Waals surface area contributed by atoms with Crippen LogP contribution in [0.1, 0.15) is 16.8 Å². The van der Waals surface area contributed by atoms with Gasteiger partial charge in [-0.2, -0.15) is 11.8 Å². The number of benzene rings is 1. The number of ether oxygens (including phenoxy) is 1. The second-order valence-electron chi connectivity index (χ2n) is 5.18. The van der Waals surface area contributed by atoms with Gasteiger partial charge in [-0.3, -0.25) is 9.59 Å². The molecule has 1 atom stereocenters. The SMILES string of the molecule is CSCC[C@@H](NC(=O)c1ccccc1Br)C(=O)OCC(=O)N(C)C. The molecule has 0 aliphatic carbocycles. The minimum Gasteiger partial charge on any atom is -0.454 e. The highest BCUT2D eigenvalue weighted by Crippen LogP contribution is 2.16. The normalized spacial score (nSPS) is 11.5. The molecule has 1 rings (SSSR count). The van der Waals surface area contributed by atoms with Gasteiger partial charge < -0.3 is 15.0 Å². The smallest absolute Gasteiger partial charge is 0.329 e. The molecule has 0 saturated carbocycles. The summed E-state index contributed by atoms with van der Waals surface area (Å²) < 4.78 is 5.67. The molecule has 0 saturated heterocycles. The fraction of sp³-hybridized carbons (Fsp3) is 0.438. The van der Waals surface area contributed by atoms with Gasteiger partial charge in [0.1, 0.15) is 6.04 Å². The lowest BCUT2D eigenvalue weighted by Gasteiger charge is -2.18. The maximum Gasteiger partial charge on any atom is 0.329 e. The average molecular weight is 417 g/mol. The Labute approximate surface area is 154 Å². The molecule has 0 bridgehead atoms. The molecule has 0 aliphatic heterocycles. The Hall–Kier alpha value is -1.54. The van der Waals surface area contributed by atoms with Crippen molar-refractivity contribution in [2.24, 2.45) is 0 Å². The van der Waals surface area contributed by atoms with Crippen LogP contribution in [0, 0.1) is 0 Å². The largest absolute Gasteiger partial charge is 0.454 e. The van der Waals surface area contributed by atoms with E-state index in [1.807, 2.05) is 6.26 Å². The van der Waals surface area contributed by atoms with Crippen LogP contribution in [-0.2, 0) is 14.3 Å². The van der Waals surface area contributed by atoms with E-state index in [2.05, 4.69) is 21.2 Å². The summed E-state index contributed by atoms with van der Waals surface area (Å²) in [4.78, 5) is 37.4. The summed E-state index contributed by atoms with van der Waals surface area (Å²) in [6, 6.07) is 6.15. The molecule has 1 aromatic carbocycles. The molecule has 0 unspecified atom stereocenters. The predicted molar refractivity (Wildman–Crippen MR) is 98.0 cm³/mol. The van der Waals surface area contributed by atoms with Gasteiger partial charge in [0.25, 0.3) is 11.8 Å². The molecule has 132 valence electrons. The zero-order valence-electron chi connectivity index (χ0n) is 13.9. The Kier molecular flexibility index (Phi) is 8.84. The number of thioether (sulfide) groups is 1.